The van der Waals surface area contributed by atoms with Crippen LogP contribution in [0.1, 0.15) is 11.1 Å². The molecule has 0 saturated carbocycles. The topological polar surface area (TPSA) is 40.1 Å². The van der Waals surface area contributed by atoms with E-state index in [1.54, 1.807) is 7.11 Å². The van der Waals surface area contributed by atoms with Gasteiger partial charge in [0.15, 0.2) is 5.96 Å². The molecule has 6 heteroatoms. The summed E-state index contributed by atoms with van der Waals surface area (Å²) in [6.07, 6.45) is 4.41. The van der Waals surface area contributed by atoms with E-state index in [1.807, 2.05) is 32.3 Å². The monoisotopic (exact) mass is 492 g/mol. The van der Waals surface area contributed by atoms with Crippen molar-refractivity contribution >= 4 is 35.6 Å². The van der Waals surface area contributed by atoms with Gasteiger partial charge >= 0.3 is 0 Å². The Labute approximate surface area is 185 Å². The van der Waals surface area contributed by atoms with E-state index in [9.17, 15) is 0 Å². The number of hydrogen-bond acceptors (Lipinski definition) is 3. The molecule has 150 valence electrons. The molecule has 0 spiro atoms. The van der Waals surface area contributed by atoms with Gasteiger partial charge in [-0.1, -0.05) is 42.5 Å². The van der Waals surface area contributed by atoms with Gasteiger partial charge in [0.2, 0.25) is 0 Å². The number of anilines is 1. The molecular weight excluding hydrogens is 463 g/mol. The molecule has 1 N–H and O–H groups in total. The standard InChI is InChI=1S/C22H28N4O.HI/c1-23-22(25(2)17-19-8-4-5-9-21(19)27-3)24-16-18-10-12-20(13-11-18)26-14-6-7-15-26;/h4-13H,14-17H2,1-3H3,(H,23,24);1H. The number of rotatable bonds is 6. The lowest BCUT2D eigenvalue weighted by atomic mass is 10.2. The summed E-state index contributed by atoms with van der Waals surface area (Å²) < 4.78 is 5.45. The molecule has 0 saturated heterocycles. The first kappa shape index (κ1) is 22.1. The van der Waals surface area contributed by atoms with E-state index >= 15 is 0 Å². The third kappa shape index (κ3) is 5.64. The van der Waals surface area contributed by atoms with Gasteiger partial charge in [0.1, 0.15) is 5.75 Å². The van der Waals surface area contributed by atoms with Gasteiger partial charge in [-0.3, -0.25) is 4.99 Å². The normalized spacial score (nSPS) is 13.2. The molecule has 28 heavy (non-hydrogen) atoms. The molecule has 0 unspecified atom stereocenters. The second kappa shape index (κ2) is 10.9. The summed E-state index contributed by atoms with van der Waals surface area (Å²) in [5.74, 6) is 1.75. The van der Waals surface area contributed by atoms with Crippen LogP contribution >= 0.6 is 24.0 Å². The SMILES string of the molecule is CN=C(NCc1ccc(N2CC=CC2)cc1)N(C)Cc1ccccc1OC.I. The fraction of sp³-hybridized carbons (Fsp3) is 0.318. The lowest BCUT2D eigenvalue weighted by molar-refractivity contribution is 0.396. The minimum absolute atomic E-state index is 0. The van der Waals surface area contributed by atoms with Crippen molar-refractivity contribution in [1.29, 1.82) is 0 Å². The average molecular weight is 492 g/mol. The Hall–Kier alpha value is -2.22. The van der Waals surface area contributed by atoms with Crippen molar-refractivity contribution in [2.45, 2.75) is 13.1 Å². The zero-order valence-corrected chi connectivity index (χ0v) is 19.1. The van der Waals surface area contributed by atoms with E-state index in [4.69, 9.17) is 4.74 Å². The Balaban J connectivity index is 0.00000280. The Morgan fingerprint density at radius 1 is 1.11 bits per heavy atom. The largest absolute Gasteiger partial charge is 0.496 e. The molecule has 0 bridgehead atoms. The molecule has 0 atom stereocenters. The summed E-state index contributed by atoms with van der Waals surface area (Å²) in [6, 6.07) is 16.8. The summed E-state index contributed by atoms with van der Waals surface area (Å²) in [5, 5.41) is 3.44. The average Bonchev–Trinajstić information content (AvgIpc) is 3.24. The molecule has 3 rings (SSSR count). The summed E-state index contributed by atoms with van der Waals surface area (Å²) >= 11 is 0. The number of hydrogen-bond donors (Lipinski definition) is 1. The first-order valence-electron chi connectivity index (χ1n) is 9.24. The lowest BCUT2D eigenvalue weighted by Gasteiger charge is -2.23. The van der Waals surface area contributed by atoms with Crippen molar-refractivity contribution < 1.29 is 4.74 Å². The summed E-state index contributed by atoms with van der Waals surface area (Å²) in [5.41, 5.74) is 3.63. The Morgan fingerprint density at radius 2 is 1.79 bits per heavy atom. The van der Waals surface area contributed by atoms with Gasteiger partial charge in [0, 0.05) is 51.5 Å². The second-order valence-corrected chi connectivity index (χ2v) is 6.61. The molecule has 0 aromatic heterocycles. The van der Waals surface area contributed by atoms with Gasteiger partial charge in [-0.25, -0.2) is 0 Å². The predicted octanol–water partition coefficient (Wildman–Crippen LogP) is 3.90. The number of methoxy groups -OCH3 is 1. The Bertz CT molecular complexity index is 796. The van der Waals surface area contributed by atoms with Gasteiger partial charge in [0.25, 0.3) is 0 Å². The highest BCUT2D eigenvalue weighted by molar-refractivity contribution is 14.0. The van der Waals surface area contributed by atoms with E-state index in [-0.39, 0.29) is 24.0 Å². The molecule has 2 aromatic carbocycles. The lowest BCUT2D eigenvalue weighted by Crippen LogP contribution is -2.38. The summed E-state index contributed by atoms with van der Waals surface area (Å²) in [4.78, 5) is 8.85. The molecule has 0 fully saturated rings. The fourth-order valence-corrected chi connectivity index (χ4v) is 3.24. The van der Waals surface area contributed by atoms with Crippen molar-refractivity contribution in [3.8, 4) is 5.75 Å². The summed E-state index contributed by atoms with van der Waals surface area (Å²) in [7, 11) is 5.55. The van der Waals surface area contributed by atoms with Crippen molar-refractivity contribution in [3.63, 3.8) is 0 Å². The van der Waals surface area contributed by atoms with E-state index in [1.165, 1.54) is 11.3 Å². The fourth-order valence-electron chi connectivity index (χ4n) is 3.24. The van der Waals surface area contributed by atoms with Crippen LogP contribution in [0.2, 0.25) is 0 Å². The first-order valence-corrected chi connectivity index (χ1v) is 9.24. The van der Waals surface area contributed by atoms with Crippen LogP contribution in [0.15, 0.2) is 65.7 Å². The van der Waals surface area contributed by atoms with E-state index < -0.39 is 0 Å². The maximum absolute atomic E-state index is 5.45. The Kier molecular flexibility index (Phi) is 8.63. The van der Waals surface area contributed by atoms with Crippen LogP contribution in [0, 0.1) is 0 Å². The molecule has 1 aliphatic heterocycles. The molecular formula is C22H29IN4O. The van der Waals surface area contributed by atoms with Crippen LogP contribution in [-0.2, 0) is 13.1 Å². The smallest absolute Gasteiger partial charge is 0.193 e. The number of aliphatic imine (C=N–C) groups is 1. The third-order valence-electron chi connectivity index (χ3n) is 4.74. The number of halogens is 1. The number of guanidine groups is 1. The molecule has 1 aliphatic rings. The minimum Gasteiger partial charge on any atom is -0.496 e. The highest BCUT2D eigenvalue weighted by Crippen LogP contribution is 2.19. The van der Waals surface area contributed by atoms with E-state index in [0.29, 0.717) is 0 Å². The van der Waals surface area contributed by atoms with Crippen molar-refractivity contribution in [2.24, 2.45) is 4.99 Å². The minimum atomic E-state index is 0. The van der Waals surface area contributed by atoms with Crippen molar-refractivity contribution in [2.75, 3.05) is 39.2 Å². The van der Waals surface area contributed by atoms with Crippen LogP contribution in [0.25, 0.3) is 0 Å². The maximum atomic E-state index is 5.45. The molecule has 0 amide bonds. The quantitative estimate of drug-likeness (QED) is 0.288. The molecule has 2 aromatic rings. The molecule has 0 radical (unpaired) electrons. The van der Waals surface area contributed by atoms with Crippen LogP contribution in [0.5, 0.6) is 5.75 Å². The van der Waals surface area contributed by atoms with Crippen LogP contribution in [0.3, 0.4) is 0 Å². The predicted molar refractivity (Wildman–Crippen MR) is 128 cm³/mol. The van der Waals surface area contributed by atoms with Crippen molar-refractivity contribution in [1.82, 2.24) is 10.2 Å². The third-order valence-corrected chi connectivity index (χ3v) is 4.74. The van der Waals surface area contributed by atoms with E-state index in [0.717, 1.165) is 43.5 Å². The second-order valence-electron chi connectivity index (χ2n) is 6.61. The number of benzene rings is 2. The van der Waals surface area contributed by atoms with Crippen LogP contribution in [-0.4, -0.2) is 45.2 Å². The number of nitrogens with one attached hydrogen (secondary N) is 1. The van der Waals surface area contributed by atoms with Gasteiger partial charge in [-0.2, -0.15) is 0 Å². The van der Waals surface area contributed by atoms with Gasteiger partial charge in [-0.05, 0) is 23.8 Å². The number of nitrogens with zero attached hydrogens (tertiary/aromatic N) is 3. The zero-order valence-electron chi connectivity index (χ0n) is 16.8. The molecule has 1 heterocycles. The molecule has 5 nitrogen and oxygen atoms in total. The van der Waals surface area contributed by atoms with Crippen LogP contribution < -0.4 is 15.0 Å². The molecule has 0 aliphatic carbocycles. The highest BCUT2D eigenvalue weighted by atomic mass is 127. The Morgan fingerprint density at radius 3 is 2.43 bits per heavy atom. The zero-order chi connectivity index (χ0) is 19.1. The number of para-hydroxylation sites is 1. The van der Waals surface area contributed by atoms with Gasteiger partial charge in [0.05, 0.1) is 7.11 Å². The maximum Gasteiger partial charge on any atom is 0.193 e. The van der Waals surface area contributed by atoms with E-state index in [2.05, 4.69) is 62.6 Å². The summed E-state index contributed by atoms with van der Waals surface area (Å²) in [6.45, 7) is 3.46. The van der Waals surface area contributed by atoms with Crippen molar-refractivity contribution in [3.05, 3.63) is 71.8 Å². The number of ether oxygens (including phenoxy) is 1. The van der Waals surface area contributed by atoms with Crippen LogP contribution in [0.4, 0.5) is 5.69 Å². The van der Waals surface area contributed by atoms with Gasteiger partial charge < -0.3 is 19.9 Å². The highest BCUT2D eigenvalue weighted by Gasteiger charge is 2.10. The van der Waals surface area contributed by atoms with Gasteiger partial charge in [-0.15, -0.1) is 24.0 Å². The first-order chi connectivity index (χ1) is 13.2.